The van der Waals surface area contributed by atoms with Crippen LogP contribution in [0.15, 0.2) is 22.8 Å². The second kappa shape index (κ2) is 4.70. The average Bonchev–Trinajstić information content (AvgIpc) is 2.73. The third-order valence-corrected chi connectivity index (χ3v) is 2.80. The van der Waals surface area contributed by atoms with Crippen molar-refractivity contribution in [1.82, 2.24) is 10.6 Å². The Morgan fingerprint density at radius 1 is 1.56 bits per heavy atom. The summed E-state index contributed by atoms with van der Waals surface area (Å²) in [6, 6.07) is 3.62. The van der Waals surface area contributed by atoms with Gasteiger partial charge in [0.15, 0.2) is 0 Å². The lowest BCUT2D eigenvalue weighted by atomic mass is 10.00. The summed E-state index contributed by atoms with van der Waals surface area (Å²) >= 11 is 0. The number of amides is 1. The molecule has 1 aliphatic rings. The van der Waals surface area contributed by atoms with Gasteiger partial charge in [-0.15, -0.1) is 0 Å². The maximum Gasteiger partial charge on any atom is 0.237 e. The molecule has 4 heteroatoms. The van der Waals surface area contributed by atoms with Crippen LogP contribution in [0, 0.1) is 5.92 Å². The van der Waals surface area contributed by atoms with Crippen LogP contribution < -0.4 is 10.6 Å². The van der Waals surface area contributed by atoms with Crippen LogP contribution in [0.25, 0.3) is 0 Å². The molecule has 2 atom stereocenters. The molecule has 0 unspecified atom stereocenters. The number of furan rings is 1. The minimum atomic E-state index is -0.0637. The second-order valence-electron chi connectivity index (χ2n) is 4.67. The van der Waals surface area contributed by atoms with Crippen LogP contribution in [0.5, 0.6) is 0 Å². The van der Waals surface area contributed by atoms with Crippen molar-refractivity contribution >= 4 is 5.91 Å². The van der Waals surface area contributed by atoms with Gasteiger partial charge >= 0.3 is 0 Å². The second-order valence-corrected chi connectivity index (χ2v) is 4.67. The molecule has 0 spiro atoms. The molecule has 1 aromatic heterocycles. The summed E-state index contributed by atoms with van der Waals surface area (Å²) in [7, 11) is 0. The van der Waals surface area contributed by atoms with Gasteiger partial charge in [-0.3, -0.25) is 4.79 Å². The molecule has 1 amide bonds. The molecule has 2 rings (SSSR count). The largest absolute Gasteiger partial charge is 0.467 e. The standard InChI is InChI=1S/C12H18N2O2/c1-8(2)6-9-12(15)14-10(7-13-9)11-4-3-5-16-11/h3-5,8-10,13H,6-7H2,1-2H3,(H,14,15)/t9-,10-/m0/s1. The predicted octanol–water partition coefficient (Wildman–Crippen LogP) is 1.45. The highest BCUT2D eigenvalue weighted by Gasteiger charge is 2.29. The average molecular weight is 222 g/mol. The smallest absolute Gasteiger partial charge is 0.237 e. The summed E-state index contributed by atoms with van der Waals surface area (Å²) in [6.07, 6.45) is 2.50. The Kier molecular flexibility index (Phi) is 3.29. The van der Waals surface area contributed by atoms with Crippen molar-refractivity contribution < 1.29 is 9.21 Å². The number of nitrogens with one attached hydrogen (secondary N) is 2. The van der Waals surface area contributed by atoms with Crippen LogP contribution >= 0.6 is 0 Å². The van der Waals surface area contributed by atoms with Crippen LogP contribution in [-0.4, -0.2) is 18.5 Å². The molecule has 16 heavy (non-hydrogen) atoms. The zero-order valence-corrected chi connectivity index (χ0v) is 9.69. The SMILES string of the molecule is CC(C)C[C@@H]1NC[C@@H](c2ccco2)NC1=O. The Bertz CT molecular complexity index is 346. The van der Waals surface area contributed by atoms with Crippen molar-refractivity contribution in [2.45, 2.75) is 32.4 Å². The number of carbonyl (C=O) groups is 1. The Morgan fingerprint density at radius 3 is 2.94 bits per heavy atom. The Hall–Kier alpha value is -1.29. The summed E-state index contributed by atoms with van der Waals surface area (Å²) in [6.45, 7) is 4.97. The molecule has 2 heterocycles. The third-order valence-electron chi connectivity index (χ3n) is 2.80. The molecule has 2 N–H and O–H groups in total. The van der Waals surface area contributed by atoms with Gasteiger partial charge < -0.3 is 15.1 Å². The van der Waals surface area contributed by atoms with Gasteiger partial charge in [-0.2, -0.15) is 0 Å². The highest BCUT2D eigenvalue weighted by atomic mass is 16.3. The fraction of sp³-hybridized carbons (Fsp3) is 0.583. The number of piperazine rings is 1. The maximum atomic E-state index is 11.8. The van der Waals surface area contributed by atoms with E-state index in [0.29, 0.717) is 5.92 Å². The first-order valence-electron chi connectivity index (χ1n) is 5.74. The molecule has 1 aliphatic heterocycles. The minimum absolute atomic E-state index is 0.0362. The van der Waals surface area contributed by atoms with E-state index in [1.165, 1.54) is 0 Å². The first kappa shape index (κ1) is 11.2. The fourth-order valence-corrected chi connectivity index (χ4v) is 2.00. The highest BCUT2D eigenvalue weighted by Crippen LogP contribution is 2.17. The van der Waals surface area contributed by atoms with E-state index < -0.39 is 0 Å². The molecule has 88 valence electrons. The van der Waals surface area contributed by atoms with Crippen LogP contribution in [0.4, 0.5) is 0 Å². The number of rotatable bonds is 3. The van der Waals surface area contributed by atoms with E-state index in [-0.39, 0.29) is 18.0 Å². The number of carbonyl (C=O) groups excluding carboxylic acids is 1. The van der Waals surface area contributed by atoms with Gasteiger partial charge in [-0.1, -0.05) is 13.8 Å². The van der Waals surface area contributed by atoms with E-state index in [9.17, 15) is 4.79 Å². The molecule has 1 aromatic rings. The van der Waals surface area contributed by atoms with Crippen molar-refractivity contribution in [3.8, 4) is 0 Å². The number of hydrogen-bond acceptors (Lipinski definition) is 3. The van der Waals surface area contributed by atoms with Gasteiger partial charge in [-0.05, 0) is 24.5 Å². The molecule has 1 saturated heterocycles. The molecular formula is C12H18N2O2. The van der Waals surface area contributed by atoms with Gasteiger partial charge in [0.25, 0.3) is 0 Å². The van der Waals surface area contributed by atoms with Crippen LogP contribution in [-0.2, 0) is 4.79 Å². The zero-order valence-electron chi connectivity index (χ0n) is 9.69. The van der Waals surface area contributed by atoms with Crippen LogP contribution in [0.2, 0.25) is 0 Å². The number of hydrogen-bond donors (Lipinski definition) is 2. The molecule has 0 radical (unpaired) electrons. The van der Waals surface area contributed by atoms with Gasteiger partial charge in [0.05, 0.1) is 18.3 Å². The van der Waals surface area contributed by atoms with Crippen molar-refractivity contribution in [2.24, 2.45) is 5.92 Å². The summed E-state index contributed by atoms with van der Waals surface area (Å²) in [5, 5.41) is 6.25. The van der Waals surface area contributed by atoms with Crippen molar-refractivity contribution in [1.29, 1.82) is 0 Å². The highest BCUT2D eigenvalue weighted by molar-refractivity contribution is 5.82. The summed E-state index contributed by atoms with van der Waals surface area (Å²) < 4.78 is 5.28. The first-order chi connectivity index (χ1) is 7.66. The topological polar surface area (TPSA) is 54.3 Å². The van der Waals surface area contributed by atoms with Crippen molar-refractivity contribution in [3.05, 3.63) is 24.2 Å². The van der Waals surface area contributed by atoms with Crippen LogP contribution in [0.1, 0.15) is 32.1 Å². The van der Waals surface area contributed by atoms with Gasteiger partial charge in [-0.25, -0.2) is 0 Å². The zero-order chi connectivity index (χ0) is 11.5. The van der Waals surface area contributed by atoms with Gasteiger partial charge in [0, 0.05) is 6.54 Å². The van der Waals surface area contributed by atoms with E-state index in [1.54, 1.807) is 6.26 Å². The fourth-order valence-electron chi connectivity index (χ4n) is 2.00. The van der Waals surface area contributed by atoms with E-state index >= 15 is 0 Å². The Morgan fingerprint density at radius 2 is 2.38 bits per heavy atom. The van der Waals surface area contributed by atoms with E-state index in [2.05, 4.69) is 24.5 Å². The minimum Gasteiger partial charge on any atom is -0.467 e. The Labute approximate surface area is 95.4 Å². The molecule has 1 fully saturated rings. The third kappa shape index (κ3) is 2.44. The maximum absolute atomic E-state index is 11.8. The summed E-state index contributed by atoms with van der Waals surface area (Å²) in [5.41, 5.74) is 0. The Balaban J connectivity index is 1.95. The van der Waals surface area contributed by atoms with E-state index in [0.717, 1.165) is 18.7 Å². The quantitative estimate of drug-likeness (QED) is 0.814. The lowest BCUT2D eigenvalue weighted by Crippen LogP contribution is -2.54. The first-order valence-corrected chi connectivity index (χ1v) is 5.74. The normalized spacial score (nSPS) is 25.8. The monoisotopic (exact) mass is 222 g/mol. The van der Waals surface area contributed by atoms with E-state index in [4.69, 9.17) is 4.42 Å². The van der Waals surface area contributed by atoms with Crippen molar-refractivity contribution in [2.75, 3.05) is 6.54 Å². The van der Waals surface area contributed by atoms with Gasteiger partial charge in [0.1, 0.15) is 5.76 Å². The van der Waals surface area contributed by atoms with E-state index in [1.807, 2.05) is 12.1 Å². The molecule has 0 aromatic carbocycles. The summed E-state index contributed by atoms with van der Waals surface area (Å²) in [5.74, 6) is 1.40. The predicted molar refractivity (Wildman–Crippen MR) is 60.8 cm³/mol. The van der Waals surface area contributed by atoms with Crippen LogP contribution in [0.3, 0.4) is 0 Å². The summed E-state index contributed by atoms with van der Waals surface area (Å²) in [4.78, 5) is 11.8. The molecule has 0 aliphatic carbocycles. The van der Waals surface area contributed by atoms with Crippen molar-refractivity contribution in [3.63, 3.8) is 0 Å². The lowest BCUT2D eigenvalue weighted by molar-refractivity contribution is -0.126. The molecule has 0 saturated carbocycles. The molecule has 4 nitrogen and oxygen atoms in total. The molecular weight excluding hydrogens is 204 g/mol. The lowest BCUT2D eigenvalue weighted by Gasteiger charge is -2.30. The molecule has 0 bridgehead atoms. The van der Waals surface area contributed by atoms with Gasteiger partial charge in [0.2, 0.25) is 5.91 Å².